The van der Waals surface area contributed by atoms with Crippen LogP contribution in [-0.4, -0.2) is 54.9 Å². The third-order valence-corrected chi connectivity index (χ3v) is 5.62. The molecule has 8 nitrogen and oxygen atoms in total. The largest absolute Gasteiger partial charge is 0.497 e. The summed E-state index contributed by atoms with van der Waals surface area (Å²) in [6, 6.07) is 9.65. The number of benzene rings is 1. The van der Waals surface area contributed by atoms with Gasteiger partial charge in [0, 0.05) is 42.8 Å². The second-order valence-electron chi connectivity index (χ2n) is 7.49. The Labute approximate surface area is 175 Å². The molecule has 1 fully saturated rings. The molecule has 0 aliphatic carbocycles. The van der Waals surface area contributed by atoms with Crippen LogP contribution in [0.1, 0.15) is 18.4 Å². The fourth-order valence-corrected chi connectivity index (χ4v) is 3.95. The predicted octanol–water partition coefficient (Wildman–Crippen LogP) is 2.55. The Balaban J connectivity index is 1.32. The van der Waals surface area contributed by atoms with E-state index in [9.17, 15) is 4.79 Å². The molecule has 1 aliphatic heterocycles. The fourth-order valence-electron chi connectivity index (χ4n) is 3.95. The first-order valence-electron chi connectivity index (χ1n) is 10.2. The molecule has 158 valence electrons. The maximum atomic E-state index is 12.7. The van der Waals surface area contributed by atoms with Crippen molar-refractivity contribution >= 4 is 22.6 Å². The molecular weight excluding hydrogens is 382 g/mol. The van der Waals surface area contributed by atoms with Gasteiger partial charge in [0.05, 0.1) is 20.1 Å². The van der Waals surface area contributed by atoms with Crippen LogP contribution < -0.4 is 19.7 Å². The summed E-state index contributed by atoms with van der Waals surface area (Å²) in [5, 5.41) is 12.5. The van der Waals surface area contributed by atoms with Crippen molar-refractivity contribution in [2.75, 3.05) is 38.8 Å². The molecule has 3 aromatic rings. The Bertz CT molecular complexity index is 1000. The predicted molar refractivity (Wildman–Crippen MR) is 115 cm³/mol. The number of carbonyl (C=O) groups is 1. The Hall–Kier alpha value is -3.29. The maximum Gasteiger partial charge on any atom is 0.233 e. The summed E-state index contributed by atoms with van der Waals surface area (Å²) in [4.78, 5) is 18.1. The highest BCUT2D eigenvalue weighted by molar-refractivity contribution is 5.85. The first kappa shape index (κ1) is 20.0. The number of nitrogens with one attached hydrogen (secondary N) is 2. The lowest BCUT2D eigenvalue weighted by Crippen LogP contribution is -2.43. The van der Waals surface area contributed by atoms with Crippen LogP contribution in [0.3, 0.4) is 0 Å². The van der Waals surface area contributed by atoms with Crippen LogP contribution in [0.25, 0.3) is 10.9 Å². The summed E-state index contributed by atoms with van der Waals surface area (Å²) in [5.41, 5.74) is 2.24. The van der Waals surface area contributed by atoms with Gasteiger partial charge < -0.3 is 24.7 Å². The van der Waals surface area contributed by atoms with E-state index in [1.165, 1.54) is 5.56 Å². The van der Waals surface area contributed by atoms with E-state index >= 15 is 0 Å². The number of piperidine rings is 1. The summed E-state index contributed by atoms with van der Waals surface area (Å²) in [7, 11) is 3.23. The standard InChI is InChI=1S/C22H27N5O3/c1-29-17-5-6-19-18(12-17)15(13-24-19)9-10-23-22(28)16-4-3-11-27(14-16)20-7-8-21(30-2)26-25-20/h5-8,12-13,16,24H,3-4,9-11,14H2,1-2H3,(H,23,28). The molecule has 30 heavy (non-hydrogen) atoms. The minimum absolute atomic E-state index is 0.0503. The van der Waals surface area contributed by atoms with Gasteiger partial charge in [-0.25, -0.2) is 0 Å². The number of fused-ring (bicyclic) bond motifs is 1. The van der Waals surface area contributed by atoms with Crippen LogP contribution in [0.4, 0.5) is 5.82 Å². The Morgan fingerprint density at radius 1 is 1.23 bits per heavy atom. The van der Waals surface area contributed by atoms with Crippen LogP contribution in [0.2, 0.25) is 0 Å². The lowest BCUT2D eigenvalue weighted by Gasteiger charge is -2.32. The van der Waals surface area contributed by atoms with Gasteiger partial charge in [-0.15, -0.1) is 10.2 Å². The highest BCUT2D eigenvalue weighted by Crippen LogP contribution is 2.24. The first-order valence-corrected chi connectivity index (χ1v) is 10.2. The molecule has 4 rings (SSSR count). The van der Waals surface area contributed by atoms with Crippen molar-refractivity contribution in [2.45, 2.75) is 19.3 Å². The molecule has 1 amide bonds. The zero-order valence-corrected chi connectivity index (χ0v) is 17.4. The third-order valence-electron chi connectivity index (χ3n) is 5.62. The second kappa shape index (κ2) is 9.02. The normalized spacial score (nSPS) is 16.5. The molecule has 1 atom stereocenters. The zero-order valence-electron chi connectivity index (χ0n) is 17.4. The number of H-pyrrole nitrogens is 1. The number of carbonyl (C=O) groups excluding carboxylic acids is 1. The van der Waals surface area contributed by atoms with Crippen LogP contribution >= 0.6 is 0 Å². The molecule has 8 heteroatoms. The minimum atomic E-state index is -0.0503. The number of aromatic amines is 1. The number of anilines is 1. The van der Waals surface area contributed by atoms with Crippen molar-refractivity contribution in [3.8, 4) is 11.6 Å². The van der Waals surface area contributed by atoms with Crippen molar-refractivity contribution in [1.82, 2.24) is 20.5 Å². The molecular formula is C22H27N5O3. The number of hydrogen-bond donors (Lipinski definition) is 2. The maximum absolute atomic E-state index is 12.7. The molecule has 1 saturated heterocycles. The van der Waals surface area contributed by atoms with E-state index in [1.54, 1.807) is 20.3 Å². The van der Waals surface area contributed by atoms with E-state index in [0.29, 0.717) is 19.0 Å². The molecule has 0 radical (unpaired) electrons. The van der Waals surface area contributed by atoms with E-state index in [-0.39, 0.29) is 11.8 Å². The number of aromatic nitrogens is 3. The summed E-state index contributed by atoms with van der Waals surface area (Å²) >= 11 is 0. The Kier molecular flexibility index (Phi) is 6.02. The van der Waals surface area contributed by atoms with Gasteiger partial charge in [0.2, 0.25) is 11.8 Å². The van der Waals surface area contributed by atoms with Crippen molar-refractivity contribution in [3.63, 3.8) is 0 Å². The van der Waals surface area contributed by atoms with E-state index in [0.717, 1.165) is 48.3 Å². The highest BCUT2D eigenvalue weighted by Gasteiger charge is 2.26. The van der Waals surface area contributed by atoms with Crippen LogP contribution in [0, 0.1) is 5.92 Å². The number of rotatable bonds is 7. The van der Waals surface area contributed by atoms with Gasteiger partial charge in [0.1, 0.15) is 5.75 Å². The first-order chi connectivity index (χ1) is 14.7. The second-order valence-corrected chi connectivity index (χ2v) is 7.49. The van der Waals surface area contributed by atoms with Crippen molar-refractivity contribution in [3.05, 3.63) is 42.1 Å². The van der Waals surface area contributed by atoms with Crippen LogP contribution in [0.5, 0.6) is 11.6 Å². The topological polar surface area (TPSA) is 92.4 Å². The number of nitrogens with zero attached hydrogens (tertiary/aromatic N) is 3. The molecule has 1 aromatic carbocycles. The molecule has 0 bridgehead atoms. The molecule has 1 aliphatic rings. The highest BCUT2D eigenvalue weighted by atomic mass is 16.5. The van der Waals surface area contributed by atoms with Gasteiger partial charge in [-0.05, 0) is 49.1 Å². The van der Waals surface area contributed by atoms with Gasteiger partial charge >= 0.3 is 0 Å². The van der Waals surface area contributed by atoms with Crippen LogP contribution in [0.15, 0.2) is 36.5 Å². The molecule has 0 spiro atoms. The lowest BCUT2D eigenvalue weighted by atomic mass is 9.97. The average molecular weight is 409 g/mol. The Morgan fingerprint density at radius 3 is 2.90 bits per heavy atom. The monoisotopic (exact) mass is 409 g/mol. The summed E-state index contributed by atoms with van der Waals surface area (Å²) in [6.07, 6.45) is 4.60. The smallest absolute Gasteiger partial charge is 0.233 e. The lowest BCUT2D eigenvalue weighted by molar-refractivity contribution is -0.125. The van der Waals surface area contributed by atoms with Gasteiger partial charge in [-0.3, -0.25) is 4.79 Å². The average Bonchev–Trinajstić information content (AvgIpc) is 3.21. The van der Waals surface area contributed by atoms with E-state index in [2.05, 4.69) is 25.4 Å². The van der Waals surface area contributed by atoms with Crippen LogP contribution in [-0.2, 0) is 11.2 Å². The minimum Gasteiger partial charge on any atom is -0.497 e. The van der Waals surface area contributed by atoms with Crippen molar-refractivity contribution in [2.24, 2.45) is 5.92 Å². The fraction of sp³-hybridized carbons (Fsp3) is 0.409. The third kappa shape index (κ3) is 4.32. The quantitative estimate of drug-likeness (QED) is 0.623. The molecule has 3 heterocycles. The van der Waals surface area contributed by atoms with E-state index < -0.39 is 0 Å². The van der Waals surface area contributed by atoms with E-state index in [1.807, 2.05) is 30.5 Å². The zero-order chi connectivity index (χ0) is 20.9. The van der Waals surface area contributed by atoms with Gasteiger partial charge in [-0.1, -0.05) is 0 Å². The SMILES string of the molecule is COc1ccc2[nH]cc(CCNC(=O)C3CCCN(c4ccc(OC)nn4)C3)c2c1. The number of amides is 1. The summed E-state index contributed by atoms with van der Waals surface area (Å²) in [6.45, 7) is 2.13. The number of ether oxygens (including phenoxy) is 2. The molecule has 2 aromatic heterocycles. The summed E-state index contributed by atoms with van der Waals surface area (Å²) < 4.78 is 10.4. The molecule has 1 unspecified atom stereocenters. The van der Waals surface area contributed by atoms with Gasteiger partial charge in [0.15, 0.2) is 5.82 Å². The van der Waals surface area contributed by atoms with Crippen molar-refractivity contribution < 1.29 is 14.3 Å². The Morgan fingerprint density at radius 2 is 2.13 bits per heavy atom. The van der Waals surface area contributed by atoms with E-state index in [4.69, 9.17) is 9.47 Å². The summed E-state index contributed by atoms with van der Waals surface area (Å²) in [5.74, 6) is 2.14. The number of methoxy groups -OCH3 is 2. The molecule has 0 saturated carbocycles. The molecule has 2 N–H and O–H groups in total. The number of hydrogen-bond acceptors (Lipinski definition) is 6. The van der Waals surface area contributed by atoms with Crippen molar-refractivity contribution in [1.29, 1.82) is 0 Å². The van der Waals surface area contributed by atoms with Gasteiger partial charge in [-0.2, -0.15) is 0 Å². The van der Waals surface area contributed by atoms with Gasteiger partial charge in [0.25, 0.3) is 0 Å².